The number of hydrogen-bond acceptors (Lipinski definition) is 5. The Labute approximate surface area is 276 Å². The molecule has 1 aliphatic carbocycles. The van der Waals surface area contributed by atoms with Crippen LogP contribution in [0.25, 0.3) is 11.0 Å². The van der Waals surface area contributed by atoms with Crippen LogP contribution in [-0.2, 0) is 19.7 Å². The van der Waals surface area contributed by atoms with E-state index in [1.54, 1.807) is 7.05 Å². The molecule has 1 aromatic heterocycles. The molecule has 2 aromatic carbocycles. The number of amides is 4. The third-order valence-corrected chi connectivity index (χ3v) is 10.1. The standard InChI is InChI=1S/C35H47ClN6O4/c1-7-38-30(43)28(33(2,3)4)42-31(44)35(16-18-46-19-17-35)21-12-13-24-25(20-21)40-29(39-24)27(41-32(45)37-6)26(34(5)14-15-34)22-10-8-9-11-23(22)36/h8-13,20,26-28H,7,14-19H2,1-6H3,(H,38,43)(H,39,40)(H,42,44)(H2,37,41,45)/t26-,27-,28-/m0/s1. The number of ether oxygens (including phenoxy) is 1. The quantitative estimate of drug-likeness (QED) is 0.198. The summed E-state index contributed by atoms with van der Waals surface area (Å²) in [6.07, 6.45) is 2.96. The van der Waals surface area contributed by atoms with Gasteiger partial charge in [-0.15, -0.1) is 0 Å². The third-order valence-electron chi connectivity index (χ3n) is 9.76. The molecule has 2 heterocycles. The number of benzene rings is 2. The highest BCUT2D eigenvalue weighted by Gasteiger charge is 2.51. The Balaban J connectivity index is 1.55. The zero-order valence-corrected chi connectivity index (χ0v) is 28.4. The van der Waals surface area contributed by atoms with Crippen molar-refractivity contribution < 1.29 is 19.1 Å². The van der Waals surface area contributed by atoms with Gasteiger partial charge in [-0.3, -0.25) is 9.59 Å². The Morgan fingerprint density at radius 1 is 1.04 bits per heavy atom. The number of nitrogens with one attached hydrogen (secondary N) is 5. The molecule has 5 N–H and O–H groups in total. The highest BCUT2D eigenvalue weighted by atomic mass is 35.5. The van der Waals surface area contributed by atoms with Gasteiger partial charge in [-0.25, -0.2) is 9.78 Å². The van der Waals surface area contributed by atoms with E-state index in [-0.39, 0.29) is 29.2 Å². The third kappa shape index (κ3) is 6.74. The van der Waals surface area contributed by atoms with Gasteiger partial charge >= 0.3 is 6.03 Å². The smallest absolute Gasteiger partial charge is 0.315 e. The van der Waals surface area contributed by atoms with Crippen molar-refractivity contribution in [1.29, 1.82) is 0 Å². The summed E-state index contributed by atoms with van der Waals surface area (Å²) in [6.45, 7) is 11.3. The first-order chi connectivity index (χ1) is 21.8. The van der Waals surface area contributed by atoms with Gasteiger partial charge in [0.05, 0.1) is 22.5 Å². The summed E-state index contributed by atoms with van der Waals surface area (Å²) in [6, 6.07) is 12.1. The molecule has 0 bridgehead atoms. The van der Waals surface area contributed by atoms with E-state index in [1.807, 2.05) is 70.2 Å². The number of carbonyl (C=O) groups excluding carboxylic acids is 3. The molecule has 46 heavy (non-hydrogen) atoms. The molecule has 10 nitrogen and oxygen atoms in total. The zero-order valence-electron chi connectivity index (χ0n) is 27.7. The molecular formula is C35H47ClN6O4. The molecule has 3 atom stereocenters. The summed E-state index contributed by atoms with van der Waals surface area (Å²) in [5.74, 6) is 0.0880. The molecular weight excluding hydrogens is 604 g/mol. The fourth-order valence-corrected chi connectivity index (χ4v) is 7.03. The Morgan fingerprint density at radius 2 is 1.74 bits per heavy atom. The minimum absolute atomic E-state index is 0.0707. The molecule has 1 saturated heterocycles. The number of nitrogens with zero attached hydrogens (tertiary/aromatic N) is 1. The van der Waals surface area contributed by atoms with Crippen LogP contribution in [0.3, 0.4) is 0 Å². The topological polar surface area (TPSA) is 137 Å². The Kier molecular flexibility index (Phi) is 9.70. The summed E-state index contributed by atoms with van der Waals surface area (Å²) in [7, 11) is 1.59. The number of aromatic amines is 1. The van der Waals surface area contributed by atoms with Crippen LogP contribution in [0, 0.1) is 10.8 Å². The second-order valence-electron chi connectivity index (χ2n) is 14.1. The van der Waals surface area contributed by atoms with E-state index in [4.69, 9.17) is 21.3 Å². The predicted octanol–water partition coefficient (Wildman–Crippen LogP) is 5.49. The summed E-state index contributed by atoms with van der Waals surface area (Å²) in [5, 5.41) is 12.5. The van der Waals surface area contributed by atoms with Gasteiger partial charge in [-0.1, -0.05) is 63.6 Å². The number of aromatic nitrogens is 2. The number of carbonyl (C=O) groups is 3. The van der Waals surface area contributed by atoms with Gasteiger partial charge < -0.3 is 31.0 Å². The number of likely N-dealkylation sites (N-methyl/N-ethyl adjacent to an activating group) is 1. The lowest BCUT2D eigenvalue weighted by atomic mass is 9.72. The van der Waals surface area contributed by atoms with Gasteiger partial charge in [0.25, 0.3) is 0 Å². The number of urea groups is 1. The maximum Gasteiger partial charge on any atom is 0.315 e. The summed E-state index contributed by atoms with van der Waals surface area (Å²) in [4.78, 5) is 48.6. The Morgan fingerprint density at radius 3 is 2.35 bits per heavy atom. The van der Waals surface area contributed by atoms with Gasteiger partial charge in [0.1, 0.15) is 11.9 Å². The van der Waals surface area contributed by atoms with Gasteiger partial charge in [0.2, 0.25) is 11.8 Å². The van der Waals surface area contributed by atoms with Crippen molar-refractivity contribution >= 4 is 40.5 Å². The fourth-order valence-electron chi connectivity index (χ4n) is 6.78. The number of halogens is 1. The van der Waals surface area contributed by atoms with Crippen LogP contribution in [0.1, 0.15) is 89.2 Å². The number of fused-ring (bicyclic) bond motifs is 1. The van der Waals surface area contributed by atoms with Crippen LogP contribution in [0.5, 0.6) is 0 Å². The Hall–Kier alpha value is -3.63. The second-order valence-corrected chi connectivity index (χ2v) is 14.5. The van der Waals surface area contributed by atoms with Crippen LogP contribution in [0.15, 0.2) is 42.5 Å². The lowest BCUT2D eigenvalue weighted by molar-refractivity contribution is -0.137. The average Bonchev–Trinajstić information content (AvgIpc) is 3.62. The monoisotopic (exact) mass is 650 g/mol. The molecule has 0 unspecified atom stereocenters. The van der Waals surface area contributed by atoms with E-state index in [2.05, 4.69) is 33.2 Å². The lowest BCUT2D eigenvalue weighted by Crippen LogP contribution is -2.58. The van der Waals surface area contributed by atoms with Gasteiger partial charge in [-0.05, 0) is 72.8 Å². The highest BCUT2D eigenvalue weighted by Crippen LogP contribution is 2.60. The average molecular weight is 651 g/mol. The van der Waals surface area contributed by atoms with E-state index in [1.165, 1.54) is 0 Å². The lowest BCUT2D eigenvalue weighted by Gasteiger charge is -2.39. The normalized spacial score (nSPS) is 19.0. The SMILES string of the molecule is CCNC(=O)[C@H](NC(=O)C1(c2ccc3nc([C@@H](NC(=O)NC)[C@H](c4ccccc4Cl)C4(C)CC4)[nH]c3c2)CCOCC1)C(C)(C)C. The van der Waals surface area contributed by atoms with Crippen LogP contribution in [-0.4, -0.2) is 60.7 Å². The van der Waals surface area contributed by atoms with E-state index < -0.39 is 22.9 Å². The van der Waals surface area contributed by atoms with Crippen molar-refractivity contribution in [3.8, 4) is 0 Å². The van der Waals surface area contributed by atoms with Gasteiger partial charge in [0.15, 0.2) is 0 Å². The van der Waals surface area contributed by atoms with Crippen molar-refractivity contribution in [2.24, 2.45) is 10.8 Å². The van der Waals surface area contributed by atoms with Crippen LogP contribution in [0.4, 0.5) is 4.79 Å². The van der Waals surface area contributed by atoms with E-state index in [0.29, 0.717) is 43.4 Å². The van der Waals surface area contributed by atoms with Crippen molar-refractivity contribution in [2.75, 3.05) is 26.8 Å². The van der Waals surface area contributed by atoms with Crippen molar-refractivity contribution in [2.45, 2.75) is 83.7 Å². The van der Waals surface area contributed by atoms with E-state index >= 15 is 0 Å². The molecule has 248 valence electrons. The summed E-state index contributed by atoms with van der Waals surface area (Å²) >= 11 is 6.75. The minimum atomic E-state index is -0.894. The largest absolute Gasteiger partial charge is 0.381 e. The molecule has 2 fully saturated rings. The molecule has 4 amide bonds. The number of hydrogen-bond donors (Lipinski definition) is 5. The fraction of sp³-hybridized carbons (Fsp3) is 0.543. The van der Waals surface area contributed by atoms with Gasteiger partial charge in [-0.2, -0.15) is 0 Å². The van der Waals surface area contributed by atoms with Crippen molar-refractivity contribution in [3.05, 3.63) is 64.4 Å². The minimum Gasteiger partial charge on any atom is -0.381 e. The van der Waals surface area contributed by atoms with Crippen LogP contribution < -0.4 is 21.3 Å². The van der Waals surface area contributed by atoms with E-state index in [0.717, 1.165) is 35.0 Å². The molecule has 1 saturated carbocycles. The molecule has 1 aliphatic heterocycles. The predicted molar refractivity (Wildman–Crippen MR) is 180 cm³/mol. The van der Waals surface area contributed by atoms with Gasteiger partial charge in [0, 0.05) is 37.7 Å². The van der Waals surface area contributed by atoms with Crippen LogP contribution in [0.2, 0.25) is 5.02 Å². The molecule has 2 aliphatic rings. The highest BCUT2D eigenvalue weighted by molar-refractivity contribution is 6.31. The van der Waals surface area contributed by atoms with Crippen molar-refractivity contribution in [3.63, 3.8) is 0 Å². The first-order valence-electron chi connectivity index (χ1n) is 16.2. The zero-order chi connectivity index (χ0) is 33.3. The molecule has 0 spiro atoms. The Bertz CT molecular complexity index is 1590. The number of H-pyrrole nitrogens is 1. The first kappa shape index (κ1) is 33.7. The molecule has 11 heteroatoms. The second kappa shape index (κ2) is 13.2. The number of rotatable bonds is 10. The molecule has 5 rings (SSSR count). The number of imidazole rings is 1. The first-order valence-corrected chi connectivity index (χ1v) is 16.6. The summed E-state index contributed by atoms with van der Waals surface area (Å²) < 4.78 is 5.70. The van der Waals surface area contributed by atoms with E-state index in [9.17, 15) is 14.4 Å². The van der Waals surface area contributed by atoms with Crippen LogP contribution >= 0.6 is 11.6 Å². The molecule has 0 radical (unpaired) electrons. The maximum atomic E-state index is 14.2. The molecule has 3 aromatic rings. The summed E-state index contributed by atoms with van der Waals surface area (Å²) in [5.41, 5.74) is 1.81. The maximum absolute atomic E-state index is 14.2. The van der Waals surface area contributed by atoms with Crippen molar-refractivity contribution in [1.82, 2.24) is 31.2 Å².